The lowest BCUT2D eigenvalue weighted by molar-refractivity contribution is -0.136. The molecule has 306 valence electrons. The predicted molar refractivity (Wildman–Crippen MR) is 221 cm³/mol. The van der Waals surface area contributed by atoms with E-state index >= 15 is 0 Å². The number of nitrogens with zero attached hydrogens (tertiary/aromatic N) is 5. The van der Waals surface area contributed by atoms with Gasteiger partial charge in [0, 0.05) is 24.2 Å². The van der Waals surface area contributed by atoms with Crippen LogP contribution in [0.4, 0.5) is 9.59 Å². The van der Waals surface area contributed by atoms with Crippen molar-refractivity contribution in [2.45, 2.75) is 84.5 Å². The number of fused-ring (bicyclic) bond motifs is 1. The van der Waals surface area contributed by atoms with Crippen LogP contribution in [0.1, 0.15) is 82.1 Å². The molecule has 5 aromatic rings. The molecule has 0 saturated carbocycles. The summed E-state index contributed by atoms with van der Waals surface area (Å²) in [6.07, 6.45) is 5.57. The third kappa shape index (κ3) is 8.02. The number of nitrogens with one attached hydrogen (secondary N) is 4. The number of carbonyl (C=O) groups is 4. The molecule has 16 heteroatoms. The van der Waals surface area contributed by atoms with Gasteiger partial charge in [0.25, 0.3) is 0 Å². The van der Waals surface area contributed by atoms with Crippen LogP contribution in [0.2, 0.25) is 0 Å². The van der Waals surface area contributed by atoms with Gasteiger partial charge in [-0.3, -0.25) is 9.59 Å². The zero-order valence-corrected chi connectivity index (χ0v) is 34.7. The summed E-state index contributed by atoms with van der Waals surface area (Å²) in [5.41, 5.74) is 6.54. The van der Waals surface area contributed by atoms with Gasteiger partial charge < -0.3 is 39.9 Å². The van der Waals surface area contributed by atoms with Crippen molar-refractivity contribution in [1.29, 1.82) is 0 Å². The lowest BCUT2D eigenvalue weighted by Crippen LogP contribution is -2.51. The number of aryl methyl sites for hydroxylation is 1. The maximum absolute atomic E-state index is 13.7. The molecule has 0 aliphatic carbocycles. The second-order valence-electron chi connectivity index (χ2n) is 15.6. The number of rotatable bonds is 11. The fourth-order valence-electron chi connectivity index (χ4n) is 8.07. The van der Waals surface area contributed by atoms with Crippen LogP contribution < -0.4 is 10.6 Å². The highest BCUT2D eigenvalue weighted by molar-refractivity contribution is 7.19. The van der Waals surface area contributed by atoms with Gasteiger partial charge in [0.05, 0.1) is 65.3 Å². The zero-order valence-electron chi connectivity index (χ0n) is 33.9. The van der Waals surface area contributed by atoms with E-state index in [1.807, 2.05) is 45.7 Å². The highest BCUT2D eigenvalue weighted by Crippen LogP contribution is 2.40. The molecule has 2 aliphatic rings. The summed E-state index contributed by atoms with van der Waals surface area (Å²) >= 11 is 1.62. The van der Waals surface area contributed by atoms with Crippen LogP contribution in [0, 0.1) is 18.8 Å². The molecule has 4 amide bonds. The molecule has 3 aromatic heterocycles. The fourth-order valence-corrected chi connectivity index (χ4v) is 9.04. The van der Waals surface area contributed by atoms with Crippen molar-refractivity contribution in [3.8, 4) is 33.6 Å². The van der Waals surface area contributed by atoms with Crippen molar-refractivity contribution in [3.63, 3.8) is 0 Å². The number of benzene rings is 2. The first-order chi connectivity index (χ1) is 27.9. The van der Waals surface area contributed by atoms with Crippen LogP contribution in [0.25, 0.3) is 43.9 Å². The van der Waals surface area contributed by atoms with E-state index < -0.39 is 24.3 Å². The summed E-state index contributed by atoms with van der Waals surface area (Å²) in [5, 5.41) is 6.35. The molecule has 2 aliphatic heterocycles. The molecular weight excluding hydrogens is 759 g/mol. The Morgan fingerprint density at radius 2 is 1.21 bits per heavy atom. The minimum Gasteiger partial charge on any atom is -0.453 e. The molecule has 0 spiro atoms. The van der Waals surface area contributed by atoms with E-state index in [2.05, 4.69) is 57.0 Å². The number of aromatic amines is 2. The minimum atomic E-state index is -0.706. The first-order valence-electron chi connectivity index (χ1n) is 19.8. The van der Waals surface area contributed by atoms with Crippen LogP contribution in [-0.4, -0.2) is 98.1 Å². The number of H-pyrrole nitrogens is 2. The number of imidazole rings is 2. The molecule has 7 rings (SSSR count). The van der Waals surface area contributed by atoms with Crippen molar-refractivity contribution in [3.05, 3.63) is 65.4 Å². The van der Waals surface area contributed by atoms with Gasteiger partial charge in [-0.1, -0.05) is 64.1 Å². The van der Waals surface area contributed by atoms with Gasteiger partial charge in [0.15, 0.2) is 0 Å². The van der Waals surface area contributed by atoms with Crippen molar-refractivity contribution in [2.24, 2.45) is 11.8 Å². The van der Waals surface area contributed by atoms with Crippen molar-refractivity contribution < 1.29 is 28.7 Å². The van der Waals surface area contributed by atoms with E-state index in [9.17, 15) is 19.2 Å². The number of ether oxygens (including phenoxy) is 2. The third-order valence-corrected chi connectivity index (χ3v) is 12.1. The topological polar surface area (TPSA) is 188 Å². The summed E-state index contributed by atoms with van der Waals surface area (Å²) < 4.78 is 10.6. The van der Waals surface area contributed by atoms with Gasteiger partial charge in [-0.15, -0.1) is 11.3 Å². The molecule has 0 bridgehead atoms. The van der Waals surface area contributed by atoms with E-state index in [-0.39, 0.29) is 35.7 Å². The summed E-state index contributed by atoms with van der Waals surface area (Å²) in [5.74, 6) is 0.891. The molecule has 15 nitrogen and oxygen atoms in total. The van der Waals surface area contributed by atoms with E-state index in [0.29, 0.717) is 24.7 Å². The second-order valence-corrected chi connectivity index (χ2v) is 16.8. The molecule has 4 atom stereocenters. The molecule has 2 saturated heterocycles. The Bertz CT molecular complexity index is 2300. The maximum Gasteiger partial charge on any atom is 0.407 e. The number of carbonyl (C=O) groups excluding carboxylic acids is 4. The standard InChI is InChI=1S/C42H51N9O6S/c1-22(2)33(48-41(54)56-6)39(52)50-18-8-10-31(50)37-43-20-29(46-37)26-14-12-25(13-15-26)27-16-17-28(36-35(27)45-24(5)58-36)30-21-44-38(47-30)32-11-9-19-51(32)40(53)34(23(3)4)49-42(55)57-7/h12-17,20-23,31-34H,8-11,18-19H2,1-7H3,(H,43,46)(H,44,47)(H,48,54)(H,49,55). The number of likely N-dealkylation sites (tertiary alicyclic amines) is 2. The summed E-state index contributed by atoms with van der Waals surface area (Å²) in [6, 6.07) is 10.6. The first-order valence-corrected chi connectivity index (χ1v) is 20.6. The molecule has 58 heavy (non-hydrogen) atoms. The van der Waals surface area contributed by atoms with E-state index in [1.54, 1.807) is 22.4 Å². The quantitative estimate of drug-likeness (QED) is 0.108. The third-order valence-electron chi connectivity index (χ3n) is 11.1. The maximum atomic E-state index is 13.7. The Kier molecular flexibility index (Phi) is 11.8. The Morgan fingerprint density at radius 3 is 1.72 bits per heavy atom. The number of hydrogen-bond acceptors (Lipinski definition) is 10. The monoisotopic (exact) mass is 809 g/mol. The first kappa shape index (κ1) is 40.4. The Hall–Kier alpha value is -5.77. The second kappa shape index (κ2) is 17.0. The molecule has 0 radical (unpaired) electrons. The Morgan fingerprint density at radius 1 is 0.724 bits per heavy atom. The van der Waals surface area contributed by atoms with Gasteiger partial charge >= 0.3 is 12.2 Å². The van der Waals surface area contributed by atoms with Gasteiger partial charge in [0.1, 0.15) is 23.7 Å². The summed E-state index contributed by atoms with van der Waals surface area (Å²) in [4.78, 5) is 76.4. The Balaban J connectivity index is 1.09. The van der Waals surface area contributed by atoms with Crippen LogP contribution in [-0.2, 0) is 19.1 Å². The van der Waals surface area contributed by atoms with Gasteiger partial charge in [-0.2, -0.15) is 0 Å². The average molecular weight is 810 g/mol. The van der Waals surface area contributed by atoms with Gasteiger partial charge in [0.2, 0.25) is 11.8 Å². The highest BCUT2D eigenvalue weighted by atomic mass is 32.1. The smallest absolute Gasteiger partial charge is 0.407 e. The van der Waals surface area contributed by atoms with Crippen molar-refractivity contribution in [1.82, 2.24) is 45.4 Å². The molecular formula is C42H51N9O6S. The van der Waals surface area contributed by atoms with E-state index in [4.69, 9.17) is 24.4 Å². The SMILES string of the molecule is COC(=O)NC(C(=O)N1CCCC1c1ncc(-c2ccc(-c3ccc(-c4cnc(C5CCCN5C(=O)C(NC(=O)OC)C(C)C)[nH]4)c4sc(C)nc34)cc2)[nH]1)C(C)C. The molecule has 2 aromatic carbocycles. The van der Waals surface area contributed by atoms with E-state index in [0.717, 1.165) is 74.5 Å². The van der Waals surface area contributed by atoms with Crippen molar-refractivity contribution >= 4 is 45.6 Å². The molecule has 2 fully saturated rings. The molecule has 4 unspecified atom stereocenters. The summed E-state index contributed by atoms with van der Waals surface area (Å²) in [7, 11) is 2.58. The van der Waals surface area contributed by atoms with Gasteiger partial charge in [-0.25, -0.2) is 24.5 Å². The number of aromatic nitrogens is 5. The summed E-state index contributed by atoms with van der Waals surface area (Å²) in [6.45, 7) is 10.8. The largest absolute Gasteiger partial charge is 0.453 e. The number of hydrogen-bond donors (Lipinski definition) is 4. The normalized spacial score (nSPS) is 17.9. The average Bonchev–Trinajstić information content (AvgIpc) is 4.06. The fraction of sp³-hybridized carbons (Fsp3) is 0.452. The highest BCUT2D eigenvalue weighted by Gasteiger charge is 2.39. The predicted octanol–water partition coefficient (Wildman–Crippen LogP) is 7.14. The number of alkyl carbamates (subject to hydrolysis) is 2. The van der Waals surface area contributed by atoms with Crippen molar-refractivity contribution in [2.75, 3.05) is 27.3 Å². The zero-order chi connectivity index (χ0) is 41.2. The molecule has 4 N–H and O–H groups in total. The Labute approximate surface area is 341 Å². The number of thiazole rings is 1. The van der Waals surface area contributed by atoms with Crippen LogP contribution in [0.15, 0.2) is 48.8 Å². The lowest BCUT2D eigenvalue weighted by atomic mass is 9.99. The van der Waals surface area contributed by atoms with E-state index in [1.165, 1.54) is 14.2 Å². The lowest BCUT2D eigenvalue weighted by Gasteiger charge is -2.30. The van der Waals surface area contributed by atoms with Crippen LogP contribution in [0.5, 0.6) is 0 Å². The van der Waals surface area contributed by atoms with Crippen LogP contribution >= 0.6 is 11.3 Å². The molecule has 5 heterocycles. The number of methoxy groups -OCH3 is 2. The van der Waals surface area contributed by atoms with Crippen LogP contribution in [0.3, 0.4) is 0 Å². The van der Waals surface area contributed by atoms with Gasteiger partial charge in [-0.05, 0) is 55.6 Å². The minimum absolute atomic E-state index is 0.114. The number of amides is 4.